The Kier molecular flexibility index (Phi) is 14.8. The van der Waals surface area contributed by atoms with Crippen molar-refractivity contribution < 1.29 is 29.9 Å². The number of allylic oxidation sites excluding steroid dienone is 8. The Bertz CT molecular complexity index is 1710. The average molecular weight is 885 g/mol. The summed E-state index contributed by atoms with van der Waals surface area (Å²) in [6.07, 6.45) is 27.9. The fourth-order valence-electron chi connectivity index (χ4n) is 16.1. The van der Waals surface area contributed by atoms with Crippen molar-refractivity contribution in [3.63, 3.8) is 0 Å². The summed E-state index contributed by atoms with van der Waals surface area (Å²) in [6.45, 7) is 32.2. The summed E-state index contributed by atoms with van der Waals surface area (Å²) < 4.78 is 13.1. The molecule has 8 fully saturated rings. The van der Waals surface area contributed by atoms with Crippen molar-refractivity contribution in [1.82, 2.24) is 0 Å². The standard InChI is InChI=1S/C30H48O2.C28H44O4/c1-20-15-21(2)22(3)25(16-20)11-10-24-9-8-14-29(6)26(24)12-13-27(29)30(7)18-23(19-32-30)17-28(4,5)31;1-18-21(13-22(29)14-24(18)30)9-8-20-7-6-12-27(4)23(20)10-11-25(27)28(5)16-19(17-32-28)15-26(2,3)31/h10-11,20-21,23,26-27,31H,3,8-9,12-19H2,1-2,4-7H3;8-9,19,22-25,29-31H,1,6-7,10-17H2,2-5H3/b24-10+,25-11-;20-8+,21-9-/t20-,21-,23+,26-,27-,29-,30-;19-,22-,23+,24+,25+,27+,28+/m01/s1. The second kappa shape index (κ2) is 18.9. The highest BCUT2D eigenvalue weighted by molar-refractivity contribution is 5.39. The summed E-state index contributed by atoms with van der Waals surface area (Å²) in [5.74, 6) is 4.71. The lowest BCUT2D eigenvalue weighted by atomic mass is 9.59. The third-order valence-corrected chi connectivity index (χ3v) is 18.8. The van der Waals surface area contributed by atoms with E-state index in [-0.39, 0.29) is 16.6 Å². The molecular weight excluding hydrogens is 793 g/mol. The molecule has 0 radical (unpaired) electrons. The van der Waals surface area contributed by atoms with Crippen LogP contribution >= 0.6 is 0 Å². The normalized spacial score (nSPS) is 45.6. The lowest BCUT2D eigenvalue weighted by Gasteiger charge is -2.47. The second-order valence-electron chi connectivity index (χ2n) is 25.5. The van der Waals surface area contributed by atoms with E-state index in [0.29, 0.717) is 59.7 Å². The fourth-order valence-corrected chi connectivity index (χ4v) is 16.1. The highest BCUT2D eigenvalue weighted by atomic mass is 16.5. The Labute approximate surface area is 390 Å². The fraction of sp³-hybridized carbons (Fsp3) is 0.793. The Morgan fingerprint density at radius 2 is 1.09 bits per heavy atom. The van der Waals surface area contributed by atoms with Crippen molar-refractivity contribution in [3.8, 4) is 0 Å². The molecule has 0 amide bonds. The Morgan fingerprint density at radius 1 is 0.641 bits per heavy atom. The predicted octanol–water partition coefficient (Wildman–Crippen LogP) is 12.7. The van der Waals surface area contributed by atoms with E-state index >= 15 is 0 Å². The Balaban J connectivity index is 0.000000191. The smallest absolute Gasteiger partial charge is 0.0811 e. The SMILES string of the molecule is C=C1/C(=C\C=C2/CCC[C@@]3(C)[C@H]2CC[C@@H]3[C@]2(C)C[C@@H](CC(C)(C)O)CO2)C[C@@H](C)C[C@@H]1C.C=C1/C(=C\C=C2/CCC[C@@]3(C)[C@H]2CC[C@@H]3[C@]2(C)C[C@@H](CC(C)(C)O)CO2)C[C@@H](O)C[C@@H]1O. The van der Waals surface area contributed by atoms with Crippen LogP contribution < -0.4 is 0 Å². The van der Waals surface area contributed by atoms with Gasteiger partial charge in [-0.1, -0.05) is 76.3 Å². The summed E-state index contributed by atoms with van der Waals surface area (Å²) in [7, 11) is 0. The first-order valence-electron chi connectivity index (χ1n) is 26.1. The molecule has 0 unspecified atom stereocenters. The number of aliphatic hydroxyl groups is 4. The van der Waals surface area contributed by atoms with Gasteiger partial charge in [-0.25, -0.2) is 0 Å². The van der Waals surface area contributed by atoms with E-state index in [4.69, 9.17) is 9.47 Å². The maximum absolute atomic E-state index is 10.3. The van der Waals surface area contributed by atoms with E-state index < -0.39 is 23.4 Å². The number of fused-ring (bicyclic) bond motifs is 2. The Hall–Kier alpha value is -1.80. The highest BCUT2D eigenvalue weighted by Gasteiger charge is 2.59. The molecule has 0 spiro atoms. The quantitative estimate of drug-likeness (QED) is 0.194. The van der Waals surface area contributed by atoms with Gasteiger partial charge in [-0.2, -0.15) is 0 Å². The summed E-state index contributed by atoms with van der Waals surface area (Å²) in [4.78, 5) is 0. The molecule has 2 heterocycles. The molecule has 2 aliphatic heterocycles. The first-order chi connectivity index (χ1) is 29.8. The zero-order valence-electron chi connectivity index (χ0n) is 42.2. The maximum Gasteiger partial charge on any atom is 0.0811 e. The minimum absolute atomic E-state index is 0.0388. The zero-order chi connectivity index (χ0) is 46.6. The lowest BCUT2D eigenvalue weighted by Crippen LogP contribution is -2.45. The van der Waals surface area contributed by atoms with E-state index in [1.807, 2.05) is 27.7 Å². The van der Waals surface area contributed by atoms with Crippen LogP contribution in [0.2, 0.25) is 0 Å². The minimum Gasteiger partial charge on any atom is -0.393 e. The molecule has 4 N–H and O–H groups in total. The van der Waals surface area contributed by atoms with E-state index in [9.17, 15) is 20.4 Å². The van der Waals surface area contributed by atoms with Crippen LogP contribution in [-0.4, -0.2) is 68.3 Å². The van der Waals surface area contributed by atoms with Gasteiger partial charge in [-0.05, 0) is 231 Å². The van der Waals surface area contributed by atoms with Crippen LogP contribution in [0.15, 0.2) is 70.9 Å². The zero-order valence-corrected chi connectivity index (χ0v) is 42.2. The van der Waals surface area contributed by atoms with Crippen molar-refractivity contribution in [1.29, 1.82) is 0 Å². The molecule has 360 valence electrons. The van der Waals surface area contributed by atoms with E-state index in [1.54, 1.807) is 5.57 Å². The van der Waals surface area contributed by atoms with Crippen LogP contribution in [0, 0.1) is 58.2 Å². The van der Waals surface area contributed by atoms with Crippen molar-refractivity contribution >= 4 is 0 Å². The van der Waals surface area contributed by atoms with Gasteiger partial charge in [0.2, 0.25) is 0 Å². The number of hydrogen-bond acceptors (Lipinski definition) is 6. The van der Waals surface area contributed by atoms with Crippen molar-refractivity contribution in [3.05, 3.63) is 70.9 Å². The molecule has 6 heteroatoms. The van der Waals surface area contributed by atoms with Crippen LogP contribution in [0.25, 0.3) is 0 Å². The van der Waals surface area contributed by atoms with Gasteiger partial charge in [0.25, 0.3) is 0 Å². The summed E-state index contributed by atoms with van der Waals surface area (Å²) >= 11 is 0. The van der Waals surface area contributed by atoms with Crippen molar-refractivity contribution in [2.24, 2.45) is 58.2 Å². The largest absolute Gasteiger partial charge is 0.393 e. The first kappa shape index (κ1) is 50.1. The van der Waals surface area contributed by atoms with Gasteiger partial charge in [0, 0.05) is 6.42 Å². The van der Waals surface area contributed by atoms with Crippen molar-refractivity contribution in [2.45, 2.75) is 219 Å². The second-order valence-corrected chi connectivity index (χ2v) is 25.5. The van der Waals surface area contributed by atoms with Gasteiger partial charge in [-0.3, -0.25) is 0 Å². The van der Waals surface area contributed by atoms with Gasteiger partial charge in [0.1, 0.15) is 0 Å². The molecule has 2 saturated heterocycles. The third-order valence-electron chi connectivity index (χ3n) is 18.8. The van der Waals surface area contributed by atoms with E-state index in [0.717, 1.165) is 62.4 Å². The van der Waals surface area contributed by atoms with Gasteiger partial charge in [0.15, 0.2) is 0 Å². The molecule has 0 aromatic carbocycles. The van der Waals surface area contributed by atoms with Crippen LogP contribution in [0.4, 0.5) is 0 Å². The lowest BCUT2D eigenvalue weighted by molar-refractivity contribution is -0.0756. The molecule has 6 nitrogen and oxygen atoms in total. The molecular formula is C58H92O6. The average Bonchev–Trinajstić information content (AvgIpc) is 3.95. The molecule has 64 heavy (non-hydrogen) atoms. The molecule has 14 atom stereocenters. The first-order valence-corrected chi connectivity index (χ1v) is 26.1. The van der Waals surface area contributed by atoms with Gasteiger partial charge in [-0.15, -0.1) is 0 Å². The van der Waals surface area contributed by atoms with Gasteiger partial charge in [0.05, 0.1) is 47.8 Å². The summed E-state index contributed by atoms with van der Waals surface area (Å²) in [6, 6.07) is 0. The maximum atomic E-state index is 10.3. The van der Waals surface area contributed by atoms with E-state index in [1.165, 1.54) is 87.3 Å². The van der Waals surface area contributed by atoms with Crippen LogP contribution in [0.5, 0.6) is 0 Å². The molecule has 0 aromatic rings. The van der Waals surface area contributed by atoms with Gasteiger partial charge < -0.3 is 29.9 Å². The minimum atomic E-state index is -0.639. The van der Waals surface area contributed by atoms with Crippen LogP contribution in [0.3, 0.4) is 0 Å². The number of hydrogen-bond donors (Lipinski definition) is 4. The Morgan fingerprint density at radius 3 is 1.55 bits per heavy atom. The third kappa shape index (κ3) is 10.7. The number of aliphatic hydroxyl groups excluding tert-OH is 2. The summed E-state index contributed by atoms with van der Waals surface area (Å²) in [5.41, 5.74) is 7.01. The summed E-state index contributed by atoms with van der Waals surface area (Å²) in [5, 5.41) is 40.9. The molecule has 6 saturated carbocycles. The molecule has 0 bridgehead atoms. The van der Waals surface area contributed by atoms with Crippen molar-refractivity contribution in [2.75, 3.05) is 13.2 Å². The molecule has 6 aliphatic carbocycles. The number of ether oxygens (including phenoxy) is 2. The van der Waals surface area contributed by atoms with Crippen LogP contribution in [-0.2, 0) is 9.47 Å². The highest BCUT2D eigenvalue weighted by Crippen LogP contribution is 2.64. The molecule has 8 aliphatic rings. The topological polar surface area (TPSA) is 99.4 Å². The van der Waals surface area contributed by atoms with E-state index in [2.05, 4.69) is 79.0 Å². The van der Waals surface area contributed by atoms with Gasteiger partial charge >= 0.3 is 0 Å². The van der Waals surface area contributed by atoms with Crippen LogP contribution in [0.1, 0.15) is 185 Å². The monoisotopic (exact) mass is 885 g/mol. The molecule has 0 aromatic heterocycles. The predicted molar refractivity (Wildman–Crippen MR) is 263 cm³/mol. The molecule has 8 rings (SSSR count). The number of rotatable bonds is 8.